The van der Waals surface area contributed by atoms with E-state index in [0.717, 1.165) is 41.2 Å². The van der Waals surface area contributed by atoms with Gasteiger partial charge in [0.1, 0.15) is 11.4 Å². The number of methoxy groups -OCH3 is 1. The first-order valence-corrected chi connectivity index (χ1v) is 11.3. The highest BCUT2D eigenvalue weighted by Gasteiger charge is 2.32. The molecule has 8 heteroatoms. The normalized spacial score (nSPS) is 15.5. The van der Waals surface area contributed by atoms with Crippen molar-refractivity contribution in [3.63, 3.8) is 0 Å². The zero-order chi connectivity index (χ0) is 23.5. The number of amides is 1. The summed E-state index contributed by atoms with van der Waals surface area (Å²) in [7, 11) is 1.66. The highest BCUT2D eigenvalue weighted by molar-refractivity contribution is 5.94. The van der Waals surface area contributed by atoms with Crippen LogP contribution in [0.15, 0.2) is 61.2 Å². The molecule has 34 heavy (non-hydrogen) atoms. The lowest BCUT2D eigenvalue weighted by Crippen LogP contribution is -2.31. The van der Waals surface area contributed by atoms with Crippen molar-refractivity contribution in [2.45, 2.75) is 32.2 Å². The SMILES string of the molecule is COc1ccccc1Cc1ccc(C(=O)N2CCCC2c2cncc(-c3ncc(C)[nH]3)n2)cn1. The maximum Gasteiger partial charge on any atom is 0.255 e. The van der Waals surface area contributed by atoms with Crippen LogP contribution in [0.1, 0.15) is 51.9 Å². The van der Waals surface area contributed by atoms with Gasteiger partial charge < -0.3 is 14.6 Å². The van der Waals surface area contributed by atoms with E-state index in [1.54, 1.807) is 31.9 Å². The van der Waals surface area contributed by atoms with E-state index in [4.69, 9.17) is 9.72 Å². The van der Waals surface area contributed by atoms with E-state index in [1.165, 1.54) is 0 Å². The van der Waals surface area contributed by atoms with Crippen molar-refractivity contribution < 1.29 is 9.53 Å². The van der Waals surface area contributed by atoms with Crippen LogP contribution in [0.5, 0.6) is 5.75 Å². The lowest BCUT2D eigenvalue weighted by Gasteiger charge is -2.24. The molecule has 0 saturated carbocycles. The van der Waals surface area contributed by atoms with Gasteiger partial charge in [-0.15, -0.1) is 0 Å². The number of ether oxygens (including phenoxy) is 1. The van der Waals surface area contributed by atoms with Gasteiger partial charge in [0.15, 0.2) is 5.82 Å². The molecule has 5 rings (SSSR count). The molecule has 1 saturated heterocycles. The van der Waals surface area contributed by atoms with Crippen molar-refractivity contribution in [2.75, 3.05) is 13.7 Å². The molecule has 172 valence electrons. The number of nitrogens with zero attached hydrogens (tertiary/aromatic N) is 5. The minimum Gasteiger partial charge on any atom is -0.496 e. The van der Waals surface area contributed by atoms with Crippen molar-refractivity contribution in [3.05, 3.63) is 89.4 Å². The summed E-state index contributed by atoms with van der Waals surface area (Å²) in [6, 6.07) is 11.5. The molecular formula is C26H26N6O2. The monoisotopic (exact) mass is 454 g/mol. The number of nitrogens with one attached hydrogen (secondary N) is 1. The fourth-order valence-corrected chi connectivity index (χ4v) is 4.38. The molecule has 1 aliphatic heterocycles. The van der Waals surface area contributed by atoms with E-state index in [-0.39, 0.29) is 11.9 Å². The number of likely N-dealkylation sites (tertiary alicyclic amines) is 1. The van der Waals surface area contributed by atoms with Gasteiger partial charge in [0.05, 0.1) is 36.8 Å². The van der Waals surface area contributed by atoms with Crippen LogP contribution in [-0.2, 0) is 6.42 Å². The van der Waals surface area contributed by atoms with E-state index < -0.39 is 0 Å². The maximum absolute atomic E-state index is 13.4. The summed E-state index contributed by atoms with van der Waals surface area (Å²) in [6.45, 7) is 2.62. The standard InChI is InChI=1S/C26H26N6O2/c1-17-13-29-25(30-17)22-16-27-15-21(31-22)23-7-5-11-32(23)26(33)19-9-10-20(28-14-19)12-18-6-3-4-8-24(18)34-2/h3-4,6,8-10,13-16,23H,5,7,11-12H2,1-2H3,(H,29,30). The van der Waals surface area contributed by atoms with Crippen molar-refractivity contribution in [2.24, 2.45) is 0 Å². The Kier molecular flexibility index (Phi) is 6.03. The van der Waals surface area contributed by atoms with Gasteiger partial charge in [-0.2, -0.15) is 0 Å². The molecule has 0 radical (unpaired) electrons. The largest absolute Gasteiger partial charge is 0.496 e. The molecule has 8 nitrogen and oxygen atoms in total. The van der Waals surface area contributed by atoms with Gasteiger partial charge in [0, 0.05) is 42.3 Å². The first-order valence-electron chi connectivity index (χ1n) is 11.3. The summed E-state index contributed by atoms with van der Waals surface area (Å²) in [6.07, 6.45) is 9.26. The Balaban J connectivity index is 1.33. The maximum atomic E-state index is 13.4. The zero-order valence-corrected chi connectivity index (χ0v) is 19.2. The van der Waals surface area contributed by atoms with Gasteiger partial charge in [-0.25, -0.2) is 9.97 Å². The molecule has 1 amide bonds. The highest BCUT2D eigenvalue weighted by atomic mass is 16.5. The summed E-state index contributed by atoms with van der Waals surface area (Å²) in [5.41, 5.74) is 4.92. The Hall–Kier alpha value is -4.07. The second kappa shape index (κ2) is 9.43. The molecule has 1 atom stereocenters. The van der Waals surface area contributed by atoms with Gasteiger partial charge in [0.25, 0.3) is 5.91 Å². The van der Waals surface area contributed by atoms with E-state index in [0.29, 0.717) is 30.0 Å². The first-order chi connectivity index (χ1) is 16.6. The molecule has 1 unspecified atom stereocenters. The van der Waals surface area contributed by atoms with Crippen LogP contribution in [0, 0.1) is 6.92 Å². The number of benzene rings is 1. The molecule has 4 heterocycles. The molecule has 4 aromatic rings. The number of hydrogen-bond donors (Lipinski definition) is 1. The molecule has 1 aromatic carbocycles. The quantitative estimate of drug-likeness (QED) is 0.470. The van der Waals surface area contributed by atoms with E-state index in [2.05, 4.69) is 19.9 Å². The van der Waals surface area contributed by atoms with Crippen LogP contribution in [0.2, 0.25) is 0 Å². The summed E-state index contributed by atoms with van der Waals surface area (Å²) in [5.74, 6) is 1.47. The third-order valence-electron chi connectivity index (χ3n) is 6.09. The molecule has 0 aliphatic carbocycles. The summed E-state index contributed by atoms with van der Waals surface area (Å²) < 4.78 is 5.43. The number of carbonyl (C=O) groups is 1. The van der Waals surface area contributed by atoms with Gasteiger partial charge in [0.2, 0.25) is 0 Å². The van der Waals surface area contributed by atoms with Crippen molar-refractivity contribution in [1.29, 1.82) is 0 Å². The Bertz CT molecular complexity index is 1300. The number of imidazole rings is 1. The van der Waals surface area contributed by atoms with E-state index in [9.17, 15) is 4.79 Å². The van der Waals surface area contributed by atoms with Crippen LogP contribution >= 0.6 is 0 Å². The fraction of sp³-hybridized carbons (Fsp3) is 0.269. The van der Waals surface area contributed by atoms with Crippen LogP contribution < -0.4 is 4.74 Å². The molecule has 1 aliphatic rings. The Labute approximate surface area is 198 Å². The molecule has 0 bridgehead atoms. The number of hydrogen-bond acceptors (Lipinski definition) is 6. The molecular weight excluding hydrogens is 428 g/mol. The van der Waals surface area contributed by atoms with Gasteiger partial charge in [-0.3, -0.25) is 14.8 Å². The predicted octanol–water partition coefficient (Wildman–Crippen LogP) is 4.15. The smallest absolute Gasteiger partial charge is 0.255 e. The van der Waals surface area contributed by atoms with Crippen LogP contribution in [0.3, 0.4) is 0 Å². The lowest BCUT2D eigenvalue weighted by atomic mass is 10.1. The van der Waals surface area contributed by atoms with Crippen molar-refractivity contribution >= 4 is 5.91 Å². The predicted molar refractivity (Wildman–Crippen MR) is 127 cm³/mol. The Morgan fingerprint density at radius 1 is 1.12 bits per heavy atom. The fourth-order valence-electron chi connectivity index (χ4n) is 4.38. The number of aromatic amines is 1. The van der Waals surface area contributed by atoms with Gasteiger partial charge in [-0.05, 0) is 38.0 Å². The number of aromatic nitrogens is 5. The third-order valence-corrected chi connectivity index (χ3v) is 6.09. The third kappa shape index (κ3) is 4.39. The molecule has 1 fully saturated rings. The van der Waals surface area contributed by atoms with Crippen molar-refractivity contribution in [1.82, 2.24) is 29.8 Å². The van der Waals surface area contributed by atoms with Crippen molar-refractivity contribution in [3.8, 4) is 17.3 Å². The minimum absolute atomic E-state index is 0.0418. The van der Waals surface area contributed by atoms with Crippen LogP contribution in [0.25, 0.3) is 11.5 Å². The summed E-state index contributed by atoms with van der Waals surface area (Å²) in [5, 5.41) is 0. The average Bonchev–Trinajstić information content (AvgIpc) is 3.54. The molecule has 3 aromatic heterocycles. The number of para-hydroxylation sites is 1. The zero-order valence-electron chi connectivity index (χ0n) is 19.2. The second-order valence-electron chi connectivity index (χ2n) is 8.43. The molecule has 0 spiro atoms. The summed E-state index contributed by atoms with van der Waals surface area (Å²) in [4.78, 5) is 36.5. The van der Waals surface area contributed by atoms with E-state index >= 15 is 0 Å². The van der Waals surface area contributed by atoms with Crippen LogP contribution in [0.4, 0.5) is 0 Å². The molecule has 1 N–H and O–H groups in total. The summed E-state index contributed by atoms with van der Waals surface area (Å²) >= 11 is 0. The lowest BCUT2D eigenvalue weighted by molar-refractivity contribution is 0.0732. The first kappa shape index (κ1) is 21.8. The second-order valence-corrected chi connectivity index (χ2v) is 8.43. The van der Waals surface area contributed by atoms with Gasteiger partial charge in [-0.1, -0.05) is 18.2 Å². The number of carbonyl (C=O) groups excluding carboxylic acids is 1. The Morgan fingerprint density at radius 3 is 2.76 bits per heavy atom. The highest BCUT2D eigenvalue weighted by Crippen LogP contribution is 2.32. The number of rotatable bonds is 6. The topological polar surface area (TPSA) is 96.9 Å². The number of pyridine rings is 1. The number of aryl methyl sites for hydroxylation is 1. The van der Waals surface area contributed by atoms with Crippen LogP contribution in [-0.4, -0.2) is 49.4 Å². The average molecular weight is 455 g/mol. The van der Waals surface area contributed by atoms with E-state index in [1.807, 2.05) is 48.2 Å². The minimum atomic E-state index is -0.121. The Morgan fingerprint density at radius 2 is 2.00 bits per heavy atom. The number of H-pyrrole nitrogens is 1. The van der Waals surface area contributed by atoms with Gasteiger partial charge >= 0.3 is 0 Å².